The zero-order valence-electron chi connectivity index (χ0n) is 11.8. The highest BCUT2D eigenvalue weighted by Gasteiger charge is 2.23. The Hall–Kier alpha value is -1.72. The van der Waals surface area contributed by atoms with Crippen molar-refractivity contribution in [2.24, 2.45) is 7.05 Å². The lowest BCUT2D eigenvalue weighted by atomic mass is 10.0. The van der Waals surface area contributed by atoms with Gasteiger partial charge in [0.1, 0.15) is 22.8 Å². The summed E-state index contributed by atoms with van der Waals surface area (Å²) in [6, 6.07) is 5.24. The van der Waals surface area contributed by atoms with Crippen LogP contribution in [0.15, 0.2) is 18.2 Å². The van der Waals surface area contributed by atoms with Gasteiger partial charge in [0.05, 0.1) is 19.9 Å². The number of aromatic nitrogens is 2. The second kappa shape index (κ2) is 5.73. The van der Waals surface area contributed by atoms with Gasteiger partial charge in [-0.05, 0) is 19.1 Å². The molecule has 1 atom stereocenters. The van der Waals surface area contributed by atoms with E-state index in [-0.39, 0.29) is 0 Å². The molecule has 0 aliphatic heterocycles. The van der Waals surface area contributed by atoms with Crippen LogP contribution < -0.4 is 9.47 Å². The highest BCUT2D eigenvalue weighted by Crippen LogP contribution is 2.36. The van der Waals surface area contributed by atoms with Gasteiger partial charge in [0, 0.05) is 24.2 Å². The third kappa shape index (κ3) is 2.46. The van der Waals surface area contributed by atoms with Gasteiger partial charge < -0.3 is 14.6 Å². The summed E-state index contributed by atoms with van der Waals surface area (Å²) in [6.45, 7) is 1.81. The average molecular weight is 297 g/mol. The molecule has 0 aliphatic rings. The monoisotopic (exact) mass is 296 g/mol. The predicted octanol–water partition coefficient (Wildman–Crippen LogP) is 2.48. The summed E-state index contributed by atoms with van der Waals surface area (Å²) >= 11 is 6.19. The second-order valence-electron chi connectivity index (χ2n) is 4.42. The van der Waals surface area contributed by atoms with E-state index in [9.17, 15) is 5.11 Å². The smallest absolute Gasteiger partial charge is 0.133 e. The van der Waals surface area contributed by atoms with Gasteiger partial charge >= 0.3 is 0 Å². The molecule has 0 aliphatic carbocycles. The summed E-state index contributed by atoms with van der Waals surface area (Å²) in [5.74, 6) is 1.20. The summed E-state index contributed by atoms with van der Waals surface area (Å²) in [5, 5.41) is 15.2. The number of aryl methyl sites for hydroxylation is 2. The highest BCUT2D eigenvalue weighted by atomic mass is 35.5. The number of hydrogen-bond acceptors (Lipinski definition) is 4. The minimum atomic E-state index is -0.906. The summed E-state index contributed by atoms with van der Waals surface area (Å²) in [4.78, 5) is 0. The zero-order valence-corrected chi connectivity index (χ0v) is 12.6. The highest BCUT2D eigenvalue weighted by molar-refractivity contribution is 6.30. The van der Waals surface area contributed by atoms with Crippen molar-refractivity contribution < 1.29 is 14.6 Å². The Kier molecular flexibility index (Phi) is 4.20. The van der Waals surface area contributed by atoms with Crippen molar-refractivity contribution in [3.63, 3.8) is 0 Å². The van der Waals surface area contributed by atoms with Gasteiger partial charge in [-0.15, -0.1) is 0 Å². The fourth-order valence-corrected chi connectivity index (χ4v) is 2.43. The molecule has 1 N–H and O–H groups in total. The number of nitrogens with zero attached hydrogens (tertiary/aromatic N) is 2. The maximum atomic E-state index is 10.6. The molecule has 2 aromatic rings. The number of halogens is 1. The van der Waals surface area contributed by atoms with Crippen molar-refractivity contribution in [2.45, 2.75) is 13.0 Å². The van der Waals surface area contributed by atoms with Crippen LogP contribution in [-0.2, 0) is 7.05 Å². The lowest BCUT2D eigenvalue weighted by Crippen LogP contribution is -2.04. The lowest BCUT2D eigenvalue weighted by Gasteiger charge is -2.16. The normalized spacial score (nSPS) is 12.3. The molecule has 1 aromatic carbocycles. The van der Waals surface area contributed by atoms with Crippen LogP contribution in [0.5, 0.6) is 11.5 Å². The first-order valence-electron chi connectivity index (χ1n) is 6.08. The fraction of sp³-hybridized carbons (Fsp3) is 0.357. The van der Waals surface area contributed by atoms with E-state index in [2.05, 4.69) is 5.10 Å². The molecule has 0 saturated carbocycles. The molecule has 20 heavy (non-hydrogen) atoms. The molecule has 0 saturated heterocycles. The first-order chi connectivity index (χ1) is 9.49. The van der Waals surface area contributed by atoms with Gasteiger partial charge in [-0.3, -0.25) is 4.68 Å². The number of methoxy groups -OCH3 is 2. The molecule has 1 heterocycles. The summed E-state index contributed by atoms with van der Waals surface area (Å²) < 4.78 is 12.0. The fourth-order valence-electron chi connectivity index (χ4n) is 2.16. The lowest BCUT2D eigenvalue weighted by molar-refractivity contribution is 0.214. The van der Waals surface area contributed by atoms with Crippen LogP contribution in [0.25, 0.3) is 0 Å². The van der Waals surface area contributed by atoms with Gasteiger partial charge in [-0.2, -0.15) is 5.10 Å². The van der Waals surface area contributed by atoms with Gasteiger partial charge in [-0.25, -0.2) is 0 Å². The Morgan fingerprint density at radius 2 is 2.00 bits per heavy atom. The predicted molar refractivity (Wildman–Crippen MR) is 76.6 cm³/mol. The topological polar surface area (TPSA) is 56.5 Å². The zero-order chi connectivity index (χ0) is 14.9. The van der Waals surface area contributed by atoms with Crippen molar-refractivity contribution >= 4 is 11.6 Å². The maximum absolute atomic E-state index is 10.6. The van der Waals surface area contributed by atoms with Gasteiger partial charge in [0.25, 0.3) is 0 Å². The van der Waals surface area contributed by atoms with E-state index in [4.69, 9.17) is 21.1 Å². The number of ether oxygens (including phenoxy) is 2. The van der Waals surface area contributed by atoms with E-state index < -0.39 is 6.10 Å². The molecule has 108 valence electrons. The molecule has 1 aromatic heterocycles. The third-order valence-corrected chi connectivity index (χ3v) is 3.65. The number of rotatable bonds is 4. The minimum absolute atomic E-state index is 0.410. The number of aliphatic hydroxyl groups excluding tert-OH is 1. The van der Waals surface area contributed by atoms with Crippen LogP contribution in [0.3, 0.4) is 0 Å². The molecule has 6 heteroatoms. The van der Waals surface area contributed by atoms with Crippen molar-refractivity contribution in [2.75, 3.05) is 14.2 Å². The molecular formula is C14H17ClN2O3. The van der Waals surface area contributed by atoms with Gasteiger partial charge in [-0.1, -0.05) is 11.6 Å². The Balaban J connectivity index is 2.50. The summed E-state index contributed by atoms with van der Waals surface area (Å²) in [7, 11) is 4.85. The molecular weight excluding hydrogens is 280 g/mol. The third-order valence-electron chi connectivity index (χ3n) is 3.20. The average Bonchev–Trinajstić information content (AvgIpc) is 2.70. The molecule has 1 unspecified atom stereocenters. The first-order valence-corrected chi connectivity index (χ1v) is 6.46. The minimum Gasteiger partial charge on any atom is -0.497 e. The molecule has 0 amide bonds. The van der Waals surface area contributed by atoms with E-state index in [1.54, 1.807) is 46.4 Å². The van der Waals surface area contributed by atoms with Crippen LogP contribution in [0, 0.1) is 6.92 Å². The first kappa shape index (κ1) is 14.7. The van der Waals surface area contributed by atoms with E-state index in [0.717, 1.165) is 0 Å². The Labute approximate surface area is 122 Å². The molecule has 0 radical (unpaired) electrons. The standard InChI is InChI=1S/C14H17ClN2O3/c1-8-12(14(15)17(2)16-8)13(18)10-6-5-9(19-3)7-11(10)20-4/h5-7,13,18H,1-4H3. The molecule has 5 nitrogen and oxygen atoms in total. The van der Waals surface area contributed by atoms with E-state index >= 15 is 0 Å². The Morgan fingerprint density at radius 1 is 1.30 bits per heavy atom. The van der Waals surface area contributed by atoms with E-state index in [0.29, 0.717) is 33.5 Å². The largest absolute Gasteiger partial charge is 0.497 e. The number of benzene rings is 1. The number of hydrogen-bond donors (Lipinski definition) is 1. The van der Waals surface area contributed by atoms with E-state index in [1.165, 1.54) is 4.68 Å². The van der Waals surface area contributed by atoms with Crippen LogP contribution in [-0.4, -0.2) is 29.1 Å². The van der Waals surface area contributed by atoms with Crippen molar-refractivity contribution in [1.82, 2.24) is 9.78 Å². The summed E-state index contributed by atoms with van der Waals surface area (Å²) in [6.07, 6.45) is -0.906. The molecule has 0 fully saturated rings. The van der Waals surface area contributed by atoms with E-state index in [1.807, 2.05) is 0 Å². The van der Waals surface area contributed by atoms with Crippen LogP contribution in [0.1, 0.15) is 22.9 Å². The van der Waals surface area contributed by atoms with Gasteiger partial charge in [0.15, 0.2) is 0 Å². The van der Waals surface area contributed by atoms with Crippen LogP contribution in [0.4, 0.5) is 0 Å². The quantitative estimate of drug-likeness (QED) is 0.942. The second-order valence-corrected chi connectivity index (χ2v) is 4.78. The Bertz CT molecular complexity index is 625. The SMILES string of the molecule is COc1ccc(C(O)c2c(C)nn(C)c2Cl)c(OC)c1. The van der Waals surface area contributed by atoms with Crippen molar-refractivity contribution in [1.29, 1.82) is 0 Å². The van der Waals surface area contributed by atoms with Crippen molar-refractivity contribution in [3.05, 3.63) is 40.2 Å². The molecule has 0 spiro atoms. The summed E-state index contributed by atoms with van der Waals surface area (Å²) in [5.41, 5.74) is 1.88. The Morgan fingerprint density at radius 3 is 2.50 bits per heavy atom. The number of aliphatic hydroxyl groups is 1. The van der Waals surface area contributed by atoms with Crippen molar-refractivity contribution in [3.8, 4) is 11.5 Å². The maximum Gasteiger partial charge on any atom is 0.133 e. The van der Waals surface area contributed by atoms with Crippen LogP contribution in [0.2, 0.25) is 5.15 Å². The molecule has 0 bridgehead atoms. The van der Waals surface area contributed by atoms with Gasteiger partial charge in [0.2, 0.25) is 0 Å². The molecule has 2 rings (SSSR count). The van der Waals surface area contributed by atoms with Crippen LogP contribution >= 0.6 is 11.6 Å².